The normalized spacial score (nSPS) is 11.4. The maximum atomic E-state index is 11.8. The van der Waals surface area contributed by atoms with Gasteiger partial charge >= 0.3 is 6.09 Å². The Labute approximate surface area is 104 Å². The molecule has 0 rings (SSSR count). The second-order valence-corrected chi connectivity index (χ2v) is 4.79. The minimum atomic E-state index is -0.478. The first-order valence-electron chi connectivity index (χ1n) is 5.99. The third-order valence-corrected chi connectivity index (χ3v) is 1.93. The van der Waals surface area contributed by atoms with Crippen LogP contribution in [0.3, 0.4) is 0 Å². The number of nitrogens with two attached hydrogens (primary N) is 2. The smallest absolute Gasteiger partial charge is 0.410 e. The highest BCUT2D eigenvalue weighted by Gasteiger charge is 2.21. The summed E-state index contributed by atoms with van der Waals surface area (Å²) in [7, 11) is 0. The van der Waals surface area contributed by atoms with E-state index < -0.39 is 5.60 Å². The summed E-state index contributed by atoms with van der Waals surface area (Å²) >= 11 is 0. The van der Waals surface area contributed by atoms with Crippen LogP contribution in [0.15, 0.2) is 0 Å². The van der Waals surface area contributed by atoms with Crippen molar-refractivity contribution in [3.8, 4) is 0 Å². The standard InChI is InChI=1S/C11H26N4O2/c1-11(2,3)17-10(16)15(8-5-13)9-7-14-6-4-12/h14H,4-9,12-13H2,1-3H3. The molecule has 0 aliphatic carbocycles. The second kappa shape index (κ2) is 8.27. The molecule has 17 heavy (non-hydrogen) atoms. The van der Waals surface area contributed by atoms with Crippen molar-refractivity contribution < 1.29 is 9.53 Å². The van der Waals surface area contributed by atoms with E-state index >= 15 is 0 Å². The van der Waals surface area contributed by atoms with Crippen LogP contribution < -0.4 is 16.8 Å². The van der Waals surface area contributed by atoms with E-state index in [0.717, 1.165) is 6.54 Å². The molecule has 0 unspecified atom stereocenters. The lowest BCUT2D eigenvalue weighted by Gasteiger charge is -2.27. The Bertz CT molecular complexity index is 216. The van der Waals surface area contributed by atoms with Crippen LogP contribution in [0.4, 0.5) is 4.79 Å². The summed E-state index contributed by atoms with van der Waals surface area (Å²) in [5.41, 5.74) is 10.4. The molecule has 6 nitrogen and oxygen atoms in total. The Morgan fingerprint density at radius 3 is 2.29 bits per heavy atom. The molecule has 0 spiro atoms. The summed E-state index contributed by atoms with van der Waals surface area (Å²) in [6, 6.07) is 0. The van der Waals surface area contributed by atoms with E-state index in [2.05, 4.69) is 5.32 Å². The van der Waals surface area contributed by atoms with Crippen LogP contribution in [-0.4, -0.2) is 55.9 Å². The van der Waals surface area contributed by atoms with E-state index in [9.17, 15) is 4.79 Å². The predicted octanol–water partition coefficient (Wildman–Crippen LogP) is -0.269. The minimum Gasteiger partial charge on any atom is -0.444 e. The van der Waals surface area contributed by atoms with Crippen LogP contribution in [0.5, 0.6) is 0 Å². The first-order chi connectivity index (χ1) is 7.90. The van der Waals surface area contributed by atoms with Gasteiger partial charge in [0, 0.05) is 39.3 Å². The summed E-state index contributed by atoms with van der Waals surface area (Å²) in [4.78, 5) is 13.4. The Hall–Kier alpha value is -0.850. The van der Waals surface area contributed by atoms with Crippen LogP contribution in [0, 0.1) is 0 Å². The highest BCUT2D eigenvalue weighted by molar-refractivity contribution is 5.68. The van der Waals surface area contributed by atoms with Crippen LogP contribution in [0.1, 0.15) is 20.8 Å². The van der Waals surface area contributed by atoms with Gasteiger partial charge in [-0.15, -0.1) is 0 Å². The SMILES string of the molecule is CC(C)(C)OC(=O)N(CCN)CCNCCN. The molecule has 5 N–H and O–H groups in total. The zero-order chi connectivity index (χ0) is 13.3. The molecular weight excluding hydrogens is 220 g/mol. The average Bonchev–Trinajstić information content (AvgIpc) is 2.20. The first kappa shape index (κ1) is 16.1. The van der Waals surface area contributed by atoms with E-state index in [1.54, 1.807) is 4.90 Å². The quantitative estimate of drug-likeness (QED) is 0.538. The van der Waals surface area contributed by atoms with E-state index in [1.807, 2.05) is 20.8 Å². The van der Waals surface area contributed by atoms with Crippen molar-refractivity contribution in [3.05, 3.63) is 0 Å². The molecule has 0 bridgehead atoms. The summed E-state index contributed by atoms with van der Waals surface area (Å²) in [6.07, 6.45) is -0.322. The number of nitrogens with one attached hydrogen (secondary N) is 1. The zero-order valence-electron chi connectivity index (χ0n) is 11.2. The number of nitrogens with zero attached hydrogens (tertiary/aromatic N) is 1. The molecule has 0 radical (unpaired) electrons. The maximum Gasteiger partial charge on any atom is 0.410 e. The van der Waals surface area contributed by atoms with Crippen LogP contribution >= 0.6 is 0 Å². The van der Waals surface area contributed by atoms with Gasteiger partial charge < -0.3 is 26.4 Å². The number of amides is 1. The largest absolute Gasteiger partial charge is 0.444 e. The molecule has 0 aliphatic heterocycles. The van der Waals surface area contributed by atoms with E-state index in [1.165, 1.54) is 0 Å². The fourth-order valence-corrected chi connectivity index (χ4v) is 1.22. The van der Waals surface area contributed by atoms with Crippen molar-refractivity contribution in [3.63, 3.8) is 0 Å². The fraction of sp³-hybridized carbons (Fsp3) is 0.909. The number of ether oxygens (including phenoxy) is 1. The summed E-state index contributed by atoms with van der Waals surface area (Å²) < 4.78 is 5.29. The molecule has 0 aliphatic rings. The minimum absolute atomic E-state index is 0.322. The lowest BCUT2D eigenvalue weighted by molar-refractivity contribution is 0.0257. The van der Waals surface area contributed by atoms with Crippen LogP contribution in [-0.2, 0) is 4.74 Å². The van der Waals surface area contributed by atoms with Crippen molar-refractivity contribution in [2.75, 3.05) is 39.3 Å². The summed E-state index contributed by atoms with van der Waals surface area (Å²) in [5, 5.41) is 3.13. The van der Waals surface area contributed by atoms with E-state index in [-0.39, 0.29) is 6.09 Å². The van der Waals surface area contributed by atoms with E-state index in [4.69, 9.17) is 16.2 Å². The first-order valence-corrected chi connectivity index (χ1v) is 5.99. The highest BCUT2D eigenvalue weighted by Crippen LogP contribution is 2.09. The lowest BCUT2D eigenvalue weighted by Crippen LogP contribution is -2.43. The van der Waals surface area contributed by atoms with Gasteiger partial charge in [0.1, 0.15) is 5.60 Å². The molecule has 0 atom stereocenters. The molecule has 0 aromatic carbocycles. The number of rotatable bonds is 7. The fourth-order valence-electron chi connectivity index (χ4n) is 1.22. The maximum absolute atomic E-state index is 11.8. The molecule has 0 aromatic heterocycles. The molecular formula is C11H26N4O2. The summed E-state index contributed by atoms with van der Waals surface area (Å²) in [6.45, 7) is 9.06. The third kappa shape index (κ3) is 8.91. The molecule has 6 heteroatoms. The van der Waals surface area contributed by atoms with Crippen molar-refractivity contribution >= 4 is 6.09 Å². The van der Waals surface area contributed by atoms with Gasteiger partial charge in [-0.25, -0.2) is 4.79 Å². The lowest BCUT2D eigenvalue weighted by atomic mass is 10.2. The van der Waals surface area contributed by atoms with E-state index in [0.29, 0.717) is 32.7 Å². The van der Waals surface area contributed by atoms with Crippen molar-refractivity contribution in [1.29, 1.82) is 0 Å². The topological polar surface area (TPSA) is 93.6 Å². The molecule has 0 heterocycles. The Balaban J connectivity index is 4.07. The van der Waals surface area contributed by atoms with Gasteiger partial charge in [-0.2, -0.15) is 0 Å². The number of carbonyl (C=O) groups is 1. The highest BCUT2D eigenvalue weighted by atomic mass is 16.6. The zero-order valence-corrected chi connectivity index (χ0v) is 11.2. The number of hydrogen-bond acceptors (Lipinski definition) is 5. The van der Waals surface area contributed by atoms with Gasteiger partial charge in [0.15, 0.2) is 0 Å². The van der Waals surface area contributed by atoms with Crippen molar-refractivity contribution in [2.24, 2.45) is 11.5 Å². The molecule has 0 aromatic rings. The van der Waals surface area contributed by atoms with Gasteiger partial charge in [-0.3, -0.25) is 0 Å². The van der Waals surface area contributed by atoms with Gasteiger partial charge in [0.05, 0.1) is 0 Å². The molecule has 0 fully saturated rings. The number of hydrogen-bond donors (Lipinski definition) is 3. The molecule has 0 saturated heterocycles. The number of carbonyl (C=O) groups excluding carboxylic acids is 1. The summed E-state index contributed by atoms with van der Waals surface area (Å²) in [5.74, 6) is 0. The van der Waals surface area contributed by atoms with Gasteiger partial charge in [0.25, 0.3) is 0 Å². The van der Waals surface area contributed by atoms with Gasteiger partial charge in [-0.05, 0) is 20.8 Å². The van der Waals surface area contributed by atoms with Gasteiger partial charge in [-0.1, -0.05) is 0 Å². The Morgan fingerprint density at radius 2 is 1.82 bits per heavy atom. The molecule has 0 saturated carbocycles. The van der Waals surface area contributed by atoms with Crippen LogP contribution in [0.2, 0.25) is 0 Å². The average molecular weight is 246 g/mol. The van der Waals surface area contributed by atoms with Crippen LogP contribution in [0.25, 0.3) is 0 Å². The Morgan fingerprint density at radius 1 is 1.18 bits per heavy atom. The Kier molecular flexibility index (Phi) is 7.86. The molecule has 102 valence electrons. The predicted molar refractivity (Wildman–Crippen MR) is 68.8 cm³/mol. The van der Waals surface area contributed by atoms with Crippen molar-refractivity contribution in [1.82, 2.24) is 10.2 Å². The second-order valence-electron chi connectivity index (χ2n) is 4.79. The third-order valence-electron chi connectivity index (χ3n) is 1.93. The van der Waals surface area contributed by atoms with Gasteiger partial charge in [0.2, 0.25) is 0 Å². The monoisotopic (exact) mass is 246 g/mol. The van der Waals surface area contributed by atoms with Crippen molar-refractivity contribution in [2.45, 2.75) is 26.4 Å². The molecule has 1 amide bonds.